The number of nitrogens with one attached hydrogen (secondary N) is 1. The molecule has 1 amide bonds. The number of fused-ring (bicyclic) bond motifs is 1. The van der Waals surface area contributed by atoms with Crippen molar-refractivity contribution in [1.82, 2.24) is 20.0 Å². The van der Waals surface area contributed by atoms with Crippen LogP contribution in [0.3, 0.4) is 0 Å². The largest absolute Gasteiger partial charge is 0.350 e. The molecule has 0 aliphatic heterocycles. The first kappa shape index (κ1) is 16.2. The monoisotopic (exact) mass is 346 g/mol. The highest BCUT2D eigenvalue weighted by molar-refractivity contribution is 6.30. The van der Waals surface area contributed by atoms with Crippen LogP contribution in [0.5, 0.6) is 0 Å². The molecule has 0 aliphatic carbocycles. The number of benzene rings is 1. The molecule has 0 atom stereocenters. The van der Waals surface area contributed by atoms with E-state index in [1.165, 1.54) is 4.57 Å². The van der Waals surface area contributed by atoms with Gasteiger partial charge >= 0.3 is 0 Å². The van der Waals surface area contributed by atoms with Crippen LogP contribution in [0.1, 0.15) is 17.1 Å². The zero-order valence-electron chi connectivity index (χ0n) is 13.2. The number of carbonyl (C=O) groups excluding carboxylic acids is 1. The van der Waals surface area contributed by atoms with Crippen molar-refractivity contribution in [3.8, 4) is 0 Å². The van der Waals surface area contributed by atoms with Gasteiger partial charge in [0, 0.05) is 11.6 Å². The van der Waals surface area contributed by atoms with Crippen LogP contribution in [-0.2, 0) is 17.9 Å². The number of carbonyl (C=O) groups is 1. The van der Waals surface area contributed by atoms with E-state index in [0.29, 0.717) is 28.5 Å². The van der Waals surface area contributed by atoms with E-state index in [-0.39, 0.29) is 23.7 Å². The average Bonchev–Trinajstić information content (AvgIpc) is 2.91. The molecule has 0 spiro atoms. The zero-order valence-corrected chi connectivity index (χ0v) is 13.9. The number of hydrogen-bond donors (Lipinski definition) is 1. The third-order valence-corrected chi connectivity index (χ3v) is 3.91. The molecule has 124 valence electrons. The third-order valence-electron chi connectivity index (χ3n) is 3.66. The Kier molecular flexibility index (Phi) is 4.35. The van der Waals surface area contributed by atoms with Crippen molar-refractivity contribution in [2.75, 3.05) is 0 Å². The quantitative estimate of drug-likeness (QED) is 0.780. The molecule has 7 nitrogen and oxygen atoms in total. The fourth-order valence-electron chi connectivity index (χ4n) is 2.36. The molecule has 0 saturated heterocycles. The summed E-state index contributed by atoms with van der Waals surface area (Å²) in [6, 6.07) is 7.16. The smallest absolute Gasteiger partial charge is 0.267 e. The van der Waals surface area contributed by atoms with Crippen molar-refractivity contribution >= 4 is 28.6 Å². The molecule has 0 fully saturated rings. The van der Waals surface area contributed by atoms with Crippen LogP contribution in [0.25, 0.3) is 11.1 Å². The normalized spacial score (nSPS) is 11.0. The number of rotatable bonds is 4. The number of halogens is 1. The average molecular weight is 347 g/mol. The van der Waals surface area contributed by atoms with Gasteiger partial charge in [0.25, 0.3) is 11.3 Å². The highest BCUT2D eigenvalue weighted by atomic mass is 35.5. The minimum Gasteiger partial charge on any atom is -0.350 e. The maximum Gasteiger partial charge on any atom is 0.267 e. The maximum atomic E-state index is 12.5. The molecule has 1 N–H and O–H groups in total. The van der Waals surface area contributed by atoms with Gasteiger partial charge in [0.1, 0.15) is 17.8 Å². The number of nitrogens with zero attached hydrogens (tertiary/aromatic N) is 3. The number of aromatic nitrogens is 3. The van der Waals surface area contributed by atoms with Crippen molar-refractivity contribution < 1.29 is 9.32 Å². The van der Waals surface area contributed by atoms with E-state index < -0.39 is 0 Å². The number of amides is 1. The van der Waals surface area contributed by atoms with Gasteiger partial charge < -0.3 is 9.84 Å². The van der Waals surface area contributed by atoms with Gasteiger partial charge in [0.05, 0.1) is 5.69 Å². The lowest BCUT2D eigenvalue weighted by atomic mass is 10.2. The summed E-state index contributed by atoms with van der Waals surface area (Å²) in [5, 5.41) is 7.44. The summed E-state index contributed by atoms with van der Waals surface area (Å²) < 4.78 is 6.31. The van der Waals surface area contributed by atoms with Crippen LogP contribution in [-0.4, -0.2) is 20.6 Å². The van der Waals surface area contributed by atoms with Gasteiger partial charge in [-0.1, -0.05) is 28.9 Å². The van der Waals surface area contributed by atoms with Crippen LogP contribution in [0.4, 0.5) is 0 Å². The Bertz CT molecular complexity index is 960. The van der Waals surface area contributed by atoms with Crippen LogP contribution in [0, 0.1) is 13.8 Å². The molecule has 0 unspecified atom stereocenters. The van der Waals surface area contributed by atoms with Crippen LogP contribution in [0.15, 0.2) is 33.6 Å². The zero-order chi connectivity index (χ0) is 17.3. The lowest BCUT2D eigenvalue weighted by Gasteiger charge is -2.10. The van der Waals surface area contributed by atoms with Crippen LogP contribution in [0.2, 0.25) is 5.02 Å². The predicted molar refractivity (Wildman–Crippen MR) is 88.8 cm³/mol. The standard InChI is InChI=1S/C16H15ClN4O3/c1-9-14-15(24-20-9)19-10(2)21(16(14)23)8-13(22)18-7-11-3-5-12(17)6-4-11/h3-6H,7-8H2,1-2H3,(H,18,22). The molecule has 0 radical (unpaired) electrons. The molecule has 0 aliphatic rings. The van der Waals surface area contributed by atoms with E-state index in [4.69, 9.17) is 16.1 Å². The first-order chi connectivity index (χ1) is 11.5. The minimum atomic E-state index is -0.335. The highest BCUT2D eigenvalue weighted by Crippen LogP contribution is 2.12. The van der Waals surface area contributed by atoms with E-state index in [0.717, 1.165) is 5.56 Å². The Balaban J connectivity index is 1.76. The van der Waals surface area contributed by atoms with Gasteiger partial charge in [-0.2, -0.15) is 4.98 Å². The minimum absolute atomic E-state index is 0.119. The van der Waals surface area contributed by atoms with Gasteiger partial charge in [-0.25, -0.2) is 0 Å². The molecule has 8 heteroatoms. The summed E-state index contributed by atoms with van der Waals surface area (Å²) in [6.45, 7) is 3.54. The molecule has 0 bridgehead atoms. The van der Waals surface area contributed by atoms with Crippen molar-refractivity contribution in [1.29, 1.82) is 0 Å². The first-order valence-corrected chi connectivity index (χ1v) is 7.68. The van der Waals surface area contributed by atoms with E-state index in [2.05, 4.69) is 15.5 Å². The number of aryl methyl sites for hydroxylation is 2. The Labute approximate surface area is 142 Å². The summed E-state index contributed by atoms with van der Waals surface area (Å²) in [5.74, 6) is 0.107. The topological polar surface area (TPSA) is 90.0 Å². The fraction of sp³-hybridized carbons (Fsp3) is 0.250. The van der Waals surface area contributed by atoms with Gasteiger partial charge in [-0.15, -0.1) is 0 Å². The molecule has 24 heavy (non-hydrogen) atoms. The molecule has 3 rings (SSSR count). The second kappa shape index (κ2) is 6.45. The summed E-state index contributed by atoms with van der Waals surface area (Å²) in [4.78, 5) is 28.8. The van der Waals surface area contributed by atoms with E-state index in [1.807, 2.05) is 12.1 Å². The summed E-state index contributed by atoms with van der Waals surface area (Å²) in [6.07, 6.45) is 0. The third kappa shape index (κ3) is 3.16. The summed E-state index contributed by atoms with van der Waals surface area (Å²) >= 11 is 5.82. The Morgan fingerprint density at radius 3 is 2.71 bits per heavy atom. The van der Waals surface area contributed by atoms with Crippen molar-refractivity contribution in [3.05, 3.63) is 56.7 Å². The van der Waals surface area contributed by atoms with Gasteiger partial charge in [0.2, 0.25) is 5.91 Å². The lowest BCUT2D eigenvalue weighted by molar-refractivity contribution is -0.121. The Hall–Kier alpha value is -2.67. The van der Waals surface area contributed by atoms with Crippen molar-refractivity contribution in [2.45, 2.75) is 26.9 Å². The molecule has 0 saturated carbocycles. The lowest BCUT2D eigenvalue weighted by Crippen LogP contribution is -2.33. The fourth-order valence-corrected chi connectivity index (χ4v) is 2.48. The summed E-state index contributed by atoms with van der Waals surface area (Å²) in [7, 11) is 0. The van der Waals surface area contributed by atoms with E-state index >= 15 is 0 Å². The molecule has 2 aromatic heterocycles. The molecular formula is C16H15ClN4O3. The van der Waals surface area contributed by atoms with E-state index in [9.17, 15) is 9.59 Å². The second-order valence-corrected chi connectivity index (χ2v) is 5.84. The number of hydrogen-bond acceptors (Lipinski definition) is 5. The maximum absolute atomic E-state index is 12.5. The molecule has 3 aromatic rings. The predicted octanol–water partition coefficient (Wildman–Crippen LogP) is 1.97. The van der Waals surface area contributed by atoms with Gasteiger partial charge in [-0.3, -0.25) is 14.2 Å². The second-order valence-electron chi connectivity index (χ2n) is 5.40. The summed E-state index contributed by atoms with van der Waals surface area (Å²) in [5.41, 5.74) is 1.23. The van der Waals surface area contributed by atoms with Crippen molar-refractivity contribution in [3.63, 3.8) is 0 Å². The van der Waals surface area contributed by atoms with Gasteiger partial charge in [0.15, 0.2) is 0 Å². The molecule has 2 heterocycles. The Morgan fingerprint density at radius 2 is 2.00 bits per heavy atom. The molecular weight excluding hydrogens is 332 g/mol. The first-order valence-electron chi connectivity index (χ1n) is 7.30. The Morgan fingerprint density at radius 1 is 1.29 bits per heavy atom. The highest BCUT2D eigenvalue weighted by Gasteiger charge is 2.16. The van der Waals surface area contributed by atoms with Gasteiger partial charge in [-0.05, 0) is 31.5 Å². The van der Waals surface area contributed by atoms with E-state index in [1.54, 1.807) is 26.0 Å². The van der Waals surface area contributed by atoms with Crippen LogP contribution >= 0.6 is 11.6 Å². The van der Waals surface area contributed by atoms with Crippen molar-refractivity contribution in [2.24, 2.45) is 0 Å². The van der Waals surface area contributed by atoms with Crippen LogP contribution < -0.4 is 10.9 Å². The SMILES string of the molecule is Cc1noc2nc(C)n(CC(=O)NCc3ccc(Cl)cc3)c(=O)c12. The molecule has 1 aromatic carbocycles.